The second-order valence-corrected chi connectivity index (χ2v) is 5.00. The maximum atomic E-state index is 13.4. The Morgan fingerprint density at radius 1 is 1.20 bits per heavy atom. The van der Waals surface area contributed by atoms with Crippen molar-refractivity contribution in [2.45, 2.75) is 13.5 Å². The van der Waals surface area contributed by atoms with Gasteiger partial charge >= 0.3 is 11.9 Å². The fraction of sp³-hybridized carbons (Fsp3) is 0.235. The second kappa shape index (κ2) is 8.09. The highest BCUT2D eigenvalue weighted by molar-refractivity contribution is 5.96. The van der Waals surface area contributed by atoms with Crippen molar-refractivity contribution in [1.29, 1.82) is 0 Å². The van der Waals surface area contributed by atoms with Crippen LogP contribution in [0.1, 0.15) is 32.2 Å². The predicted molar refractivity (Wildman–Crippen MR) is 83.3 cm³/mol. The maximum Gasteiger partial charge on any atom is 0.341 e. The Bertz CT molecular complexity index is 798. The molecule has 25 heavy (non-hydrogen) atoms. The minimum absolute atomic E-state index is 0.167. The number of benzene rings is 1. The number of hydrogen-bond acceptors (Lipinski definition) is 6. The van der Waals surface area contributed by atoms with Crippen LogP contribution in [-0.4, -0.2) is 31.5 Å². The number of ether oxygens (including phenoxy) is 2. The molecule has 132 valence electrons. The Balaban J connectivity index is 1.84. The van der Waals surface area contributed by atoms with Gasteiger partial charge in [-0.3, -0.25) is 9.59 Å². The molecule has 1 aromatic carbocycles. The molecule has 0 unspecified atom stereocenters. The van der Waals surface area contributed by atoms with Crippen molar-refractivity contribution >= 4 is 17.8 Å². The average Bonchev–Trinajstić information content (AvgIpc) is 2.98. The van der Waals surface area contributed by atoms with E-state index < -0.39 is 30.2 Å². The smallest absolute Gasteiger partial charge is 0.341 e. The number of esters is 2. The molecule has 0 spiro atoms. The summed E-state index contributed by atoms with van der Waals surface area (Å²) in [7, 11) is 1.24. The minimum atomic E-state index is -0.738. The van der Waals surface area contributed by atoms with Gasteiger partial charge in [0.25, 0.3) is 5.91 Å². The van der Waals surface area contributed by atoms with Gasteiger partial charge in [0.1, 0.15) is 36.1 Å². The lowest BCUT2D eigenvalue weighted by atomic mass is 10.2. The first-order chi connectivity index (χ1) is 11.9. The zero-order valence-corrected chi connectivity index (χ0v) is 13.6. The number of hydrogen-bond donors (Lipinski definition) is 1. The van der Waals surface area contributed by atoms with Gasteiger partial charge in [-0.15, -0.1) is 0 Å². The van der Waals surface area contributed by atoms with Crippen LogP contribution in [0.2, 0.25) is 0 Å². The molecule has 8 heteroatoms. The van der Waals surface area contributed by atoms with Crippen molar-refractivity contribution in [3.63, 3.8) is 0 Å². The van der Waals surface area contributed by atoms with E-state index in [1.54, 1.807) is 6.92 Å². The summed E-state index contributed by atoms with van der Waals surface area (Å²) >= 11 is 0. The van der Waals surface area contributed by atoms with Crippen LogP contribution in [0.15, 0.2) is 34.7 Å². The normalized spacial score (nSPS) is 10.2. The van der Waals surface area contributed by atoms with E-state index >= 15 is 0 Å². The molecule has 2 rings (SSSR count). The fourth-order valence-electron chi connectivity index (χ4n) is 2.02. The van der Waals surface area contributed by atoms with Gasteiger partial charge in [0.15, 0.2) is 0 Å². The molecule has 0 aliphatic rings. The number of rotatable bonds is 6. The first kappa shape index (κ1) is 18.2. The van der Waals surface area contributed by atoms with Gasteiger partial charge in [-0.2, -0.15) is 0 Å². The summed E-state index contributed by atoms with van der Waals surface area (Å²) in [5, 5.41) is 2.26. The van der Waals surface area contributed by atoms with Crippen LogP contribution in [0.25, 0.3) is 0 Å². The van der Waals surface area contributed by atoms with E-state index in [1.165, 1.54) is 31.4 Å². The number of aryl methyl sites for hydroxylation is 1. The van der Waals surface area contributed by atoms with Crippen LogP contribution in [0.3, 0.4) is 0 Å². The van der Waals surface area contributed by atoms with Crippen LogP contribution in [-0.2, 0) is 20.9 Å². The summed E-state index contributed by atoms with van der Waals surface area (Å²) < 4.78 is 28.2. The van der Waals surface area contributed by atoms with E-state index in [0.717, 1.165) is 6.07 Å². The molecule has 2 aromatic rings. The van der Waals surface area contributed by atoms with Crippen molar-refractivity contribution in [1.82, 2.24) is 5.32 Å². The second-order valence-electron chi connectivity index (χ2n) is 5.00. The number of halogens is 1. The lowest BCUT2D eigenvalue weighted by molar-refractivity contribution is -0.144. The van der Waals surface area contributed by atoms with Crippen molar-refractivity contribution in [3.8, 4) is 0 Å². The van der Waals surface area contributed by atoms with E-state index in [0.29, 0.717) is 5.76 Å². The Kier molecular flexibility index (Phi) is 5.89. The minimum Gasteiger partial charge on any atom is -0.465 e. The Morgan fingerprint density at radius 3 is 2.60 bits per heavy atom. The monoisotopic (exact) mass is 349 g/mol. The summed E-state index contributed by atoms with van der Waals surface area (Å²) in [5.74, 6) is -2.11. The predicted octanol–water partition coefficient (Wildman–Crippen LogP) is 1.99. The molecule has 0 saturated carbocycles. The van der Waals surface area contributed by atoms with Gasteiger partial charge in [0, 0.05) is 0 Å². The summed E-state index contributed by atoms with van der Waals surface area (Å²) in [6.07, 6.45) is 0. The molecule has 1 aromatic heterocycles. The number of carbonyl (C=O) groups is 3. The summed E-state index contributed by atoms with van der Waals surface area (Å²) in [5.41, 5.74) is 0.0704. The zero-order chi connectivity index (χ0) is 18.4. The van der Waals surface area contributed by atoms with Crippen LogP contribution in [0.5, 0.6) is 0 Å². The number of carbonyl (C=O) groups excluding carboxylic acids is 3. The Hall–Kier alpha value is -3.16. The molecule has 0 aliphatic heterocycles. The molecular formula is C17H16FNO6. The zero-order valence-electron chi connectivity index (χ0n) is 13.6. The Labute approximate surface area is 142 Å². The first-order valence-electron chi connectivity index (χ1n) is 7.28. The molecule has 0 saturated heterocycles. The first-order valence-corrected chi connectivity index (χ1v) is 7.28. The maximum absolute atomic E-state index is 13.4. The third kappa shape index (κ3) is 4.66. The third-order valence-corrected chi connectivity index (χ3v) is 3.26. The number of furan rings is 1. The van der Waals surface area contributed by atoms with Gasteiger partial charge in [-0.25, -0.2) is 9.18 Å². The van der Waals surface area contributed by atoms with Crippen LogP contribution in [0, 0.1) is 12.7 Å². The third-order valence-electron chi connectivity index (χ3n) is 3.26. The molecule has 1 heterocycles. The number of nitrogens with one attached hydrogen (secondary N) is 1. The van der Waals surface area contributed by atoms with Crippen LogP contribution >= 0.6 is 0 Å². The summed E-state index contributed by atoms with van der Waals surface area (Å²) in [6, 6.07) is 6.82. The van der Waals surface area contributed by atoms with E-state index in [1.807, 2.05) is 0 Å². The highest BCUT2D eigenvalue weighted by Crippen LogP contribution is 2.16. The van der Waals surface area contributed by atoms with Crippen LogP contribution in [0.4, 0.5) is 4.39 Å². The molecule has 0 atom stereocenters. The molecule has 1 N–H and O–H groups in total. The molecule has 0 fully saturated rings. The quantitative estimate of drug-likeness (QED) is 0.802. The molecule has 0 bridgehead atoms. The lowest BCUT2D eigenvalue weighted by Crippen LogP contribution is -2.31. The van der Waals surface area contributed by atoms with E-state index in [9.17, 15) is 18.8 Å². The highest BCUT2D eigenvalue weighted by Gasteiger charge is 2.17. The van der Waals surface area contributed by atoms with Gasteiger partial charge in [-0.05, 0) is 25.1 Å². The van der Waals surface area contributed by atoms with Crippen molar-refractivity contribution < 1.29 is 32.7 Å². The average molecular weight is 349 g/mol. The summed E-state index contributed by atoms with van der Waals surface area (Å²) in [4.78, 5) is 34.9. The van der Waals surface area contributed by atoms with Gasteiger partial charge in [0.2, 0.25) is 0 Å². The topological polar surface area (TPSA) is 94.8 Å². The highest BCUT2D eigenvalue weighted by atomic mass is 19.1. The van der Waals surface area contributed by atoms with Gasteiger partial charge in [-0.1, -0.05) is 12.1 Å². The van der Waals surface area contributed by atoms with Gasteiger partial charge < -0.3 is 19.2 Å². The van der Waals surface area contributed by atoms with Gasteiger partial charge in [0.05, 0.1) is 12.7 Å². The Morgan fingerprint density at radius 2 is 1.92 bits per heavy atom. The van der Waals surface area contributed by atoms with E-state index in [2.05, 4.69) is 10.1 Å². The molecule has 7 nitrogen and oxygen atoms in total. The van der Waals surface area contributed by atoms with E-state index in [-0.39, 0.29) is 23.5 Å². The van der Waals surface area contributed by atoms with Crippen molar-refractivity contribution in [2.24, 2.45) is 0 Å². The largest absolute Gasteiger partial charge is 0.465 e. The van der Waals surface area contributed by atoms with Crippen molar-refractivity contribution in [2.75, 3.05) is 13.7 Å². The van der Waals surface area contributed by atoms with E-state index in [4.69, 9.17) is 9.15 Å². The van der Waals surface area contributed by atoms with Crippen LogP contribution < -0.4 is 5.32 Å². The number of methoxy groups -OCH3 is 1. The molecular weight excluding hydrogens is 333 g/mol. The molecule has 1 amide bonds. The lowest BCUT2D eigenvalue weighted by Gasteiger charge is -2.06. The standard InChI is InChI=1S/C17H16FNO6/c1-10-13(17(22)23-2)7-11(25-10)9-24-15(20)8-19-16(21)12-5-3-4-6-14(12)18/h3-7H,8-9H2,1-2H3,(H,19,21). The summed E-state index contributed by atoms with van der Waals surface area (Å²) in [6.45, 7) is 0.926. The number of amides is 1. The van der Waals surface area contributed by atoms with Crippen molar-refractivity contribution in [3.05, 3.63) is 58.8 Å². The fourth-order valence-corrected chi connectivity index (χ4v) is 2.02. The SMILES string of the molecule is COC(=O)c1cc(COC(=O)CNC(=O)c2ccccc2F)oc1C. The molecule has 0 radical (unpaired) electrons. The molecule has 0 aliphatic carbocycles.